The Morgan fingerprint density at radius 2 is 1.86 bits per heavy atom. The van der Waals surface area contributed by atoms with E-state index in [9.17, 15) is 10.1 Å². The lowest BCUT2D eigenvalue weighted by Crippen LogP contribution is -1.93. The van der Waals surface area contributed by atoms with E-state index in [1.165, 1.54) is 18.2 Å². The molecule has 6 heteroatoms. The average molecular weight is 347 g/mol. The maximum absolute atomic E-state index is 10.7. The van der Waals surface area contributed by atoms with E-state index in [1.807, 2.05) is 32.0 Å². The summed E-state index contributed by atoms with van der Waals surface area (Å²) in [7, 11) is 0. The monoisotopic (exact) mass is 346 g/mol. The third-order valence-electron chi connectivity index (χ3n) is 2.93. The van der Waals surface area contributed by atoms with Crippen LogP contribution in [0.25, 0.3) is 0 Å². The van der Waals surface area contributed by atoms with Crippen molar-refractivity contribution >= 4 is 21.6 Å². The maximum atomic E-state index is 10.7. The molecule has 5 nitrogen and oxygen atoms in total. The number of hydrogen-bond acceptors (Lipinski definition) is 4. The van der Waals surface area contributed by atoms with Crippen LogP contribution < -0.4 is 4.74 Å². The number of aryl methyl sites for hydroxylation is 2. The van der Waals surface area contributed by atoms with Gasteiger partial charge in [0.25, 0.3) is 5.69 Å². The molecule has 2 aromatic rings. The molecule has 0 atom stereocenters. The number of benzene rings is 2. The van der Waals surface area contributed by atoms with Gasteiger partial charge in [-0.15, -0.1) is 0 Å². The lowest BCUT2D eigenvalue weighted by Gasteiger charge is -2.10. The zero-order chi connectivity index (χ0) is 15.6. The molecule has 0 saturated heterocycles. The van der Waals surface area contributed by atoms with Crippen molar-refractivity contribution in [1.29, 1.82) is 5.26 Å². The highest BCUT2D eigenvalue weighted by Gasteiger charge is 2.13. The molecule has 0 spiro atoms. The summed E-state index contributed by atoms with van der Waals surface area (Å²) in [6.07, 6.45) is 0. The Kier molecular flexibility index (Phi) is 4.24. The van der Waals surface area contributed by atoms with Crippen molar-refractivity contribution in [1.82, 2.24) is 0 Å². The van der Waals surface area contributed by atoms with Crippen LogP contribution in [0, 0.1) is 35.3 Å². The van der Waals surface area contributed by atoms with Gasteiger partial charge in [0, 0.05) is 16.6 Å². The van der Waals surface area contributed by atoms with E-state index < -0.39 is 4.92 Å². The summed E-state index contributed by atoms with van der Waals surface area (Å²) in [4.78, 5) is 10.2. The zero-order valence-electron chi connectivity index (χ0n) is 11.4. The van der Waals surface area contributed by atoms with Gasteiger partial charge in [0.1, 0.15) is 23.1 Å². The summed E-state index contributed by atoms with van der Waals surface area (Å²) in [6.45, 7) is 3.87. The number of rotatable bonds is 3. The van der Waals surface area contributed by atoms with Crippen molar-refractivity contribution in [3.05, 3.63) is 61.6 Å². The summed E-state index contributed by atoms with van der Waals surface area (Å²) in [5, 5.41) is 19.8. The van der Waals surface area contributed by atoms with E-state index in [1.54, 1.807) is 0 Å². The minimum atomic E-state index is -0.543. The van der Waals surface area contributed by atoms with Gasteiger partial charge in [0.15, 0.2) is 0 Å². The number of nitrogens with zero attached hydrogens (tertiary/aromatic N) is 2. The normalized spacial score (nSPS) is 10.0. The standard InChI is InChI=1S/C15H11BrN2O3/c1-9-5-13(6-10(2)15(9)16)21-14-4-3-12(18(19)20)7-11(14)8-17/h3-7H,1-2H3. The van der Waals surface area contributed by atoms with Gasteiger partial charge in [-0.3, -0.25) is 10.1 Å². The number of nitro benzene ring substituents is 1. The van der Waals surface area contributed by atoms with E-state index in [2.05, 4.69) is 15.9 Å². The molecule has 2 aromatic carbocycles. The quantitative estimate of drug-likeness (QED) is 0.599. The van der Waals surface area contributed by atoms with E-state index in [4.69, 9.17) is 10.00 Å². The fourth-order valence-corrected chi connectivity index (χ4v) is 2.13. The van der Waals surface area contributed by atoms with Gasteiger partial charge in [-0.05, 0) is 43.2 Å². The molecule has 0 aliphatic carbocycles. The van der Waals surface area contributed by atoms with Crippen LogP contribution in [0.5, 0.6) is 11.5 Å². The molecule has 0 unspecified atom stereocenters. The molecule has 0 aliphatic rings. The predicted octanol–water partition coefficient (Wildman–Crippen LogP) is 4.64. The Morgan fingerprint density at radius 1 is 1.24 bits per heavy atom. The second-order valence-corrected chi connectivity index (χ2v) is 5.32. The van der Waals surface area contributed by atoms with Gasteiger partial charge in [0.2, 0.25) is 0 Å². The van der Waals surface area contributed by atoms with Crippen LogP contribution in [0.15, 0.2) is 34.8 Å². The summed E-state index contributed by atoms with van der Waals surface area (Å²) >= 11 is 3.47. The molecule has 0 aliphatic heterocycles. The lowest BCUT2D eigenvalue weighted by atomic mass is 10.1. The molecule has 0 saturated carbocycles. The number of hydrogen-bond donors (Lipinski definition) is 0. The van der Waals surface area contributed by atoms with Crippen molar-refractivity contribution in [3.63, 3.8) is 0 Å². The Labute approximate surface area is 130 Å². The first-order valence-corrected chi connectivity index (χ1v) is 6.85. The molecule has 0 N–H and O–H groups in total. The fraction of sp³-hybridized carbons (Fsp3) is 0.133. The van der Waals surface area contributed by atoms with Crippen LogP contribution >= 0.6 is 15.9 Å². The third kappa shape index (κ3) is 3.20. The summed E-state index contributed by atoms with van der Waals surface area (Å²) in [5.41, 5.74) is 2.00. The molecular formula is C15H11BrN2O3. The Morgan fingerprint density at radius 3 is 2.38 bits per heavy atom. The van der Waals surface area contributed by atoms with Crippen molar-refractivity contribution in [2.24, 2.45) is 0 Å². The number of nitriles is 1. The SMILES string of the molecule is Cc1cc(Oc2ccc([N+](=O)[O-])cc2C#N)cc(C)c1Br. The fourth-order valence-electron chi connectivity index (χ4n) is 1.90. The first kappa shape index (κ1) is 15.0. The molecule has 0 aromatic heterocycles. The van der Waals surface area contributed by atoms with Crippen molar-refractivity contribution in [2.75, 3.05) is 0 Å². The van der Waals surface area contributed by atoms with Crippen molar-refractivity contribution < 1.29 is 9.66 Å². The first-order chi connectivity index (χ1) is 9.92. The molecule has 2 rings (SSSR count). The summed E-state index contributed by atoms with van der Waals surface area (Å²) in [5.74, 6) is 0.878. The number of halogens is 1. The number of ether oxygens (including phenoxy) is 1. The van der Waals surface area contributed by atoms with Gasteiger partial charge >= 0.3 is 0 Å². The molecule has 21 heavy (non-hydrogen) atoms. The molecule has 0 heterocycles. The van der Waals surface area contributed by atoms with Crippen LogP contribution in [0.2, 0.25) is 0 Å². The molecule has 106 valence electrons. The second kappa shape index (κ2) is 5.94. The van der Waals surface area contributed by atoms with Gasteiger partial charge in [-0.2, -0.15) is 5.26 Å². The Hall–Kier alpha value is -2.39. The molecule has 0 bridgehead atoms. The van der Waals surface area contributed by atoms with Crippen LogP contribution in [0.1, 0.15) is 16.7 Å². The van der Waals surface area contributed by atoms with Gasteiger partial charge in [-0.25, -0.2) is 0 Å². The van der Waals surface area contributed by atoms with Gasteiger partial charge < -0.3 is 4.74 Å². The Bertz CT molecular complexity index is 743. The number of nitro groups is 1. The number of non-ortho nitro benzene ring substituents is 1. The molecular weight excluding hydrogens is 336 g/mol. The zero-order valence-corrected chi connectivity index (χ0v) is 13.0. The molecule has 0 amide bonds. The maximum Gasteiger partial charge on any atom is 0.271 e. The highest BCUT2D eigenvalue weighted by molar-refractivity contribution is 9.10. The highest BCUT2D eigenvalue weighted by Crippen LogP contribution is 2.32. The third-order valence-corrected chi connectivity index (χ3v) is 4.18. The van der Waals surface area contributed by atoms with Crippen molar-refractivity contribution in [2.45, 2.75) is 13.8 Å². The summed E-state index contributed by atoms with van der Waals surface area (Å²) < 4.78 is 6.68. The van der Waals surface area contributed by atoms with E-state index in [0.717, 1.165) is 15.6 Å². The van der Waals surface area contributed by atoms with E-state index in [0.29, 0.717) is 11.5 Å². The van der Waals surface area contributed by atoms with Gasteiger partial charge in [-0.1, -0.05) is 15.9 Å². The van der Waals surface area contributed by atoms with Crippen LogP contribution in [0.4, 0.5) is 5.69 Å². The van der Waals surface area contributed by atoms with Crippen LogP contribution in [-0.4, -0.2) is 4.92 Å². The predicted molar refractivity (Wildman–Crippen MR) is 81.5 cm³/mol. The first-order valence-electron chi connectivity index (χ1n) is 6.05. The molecule has 0 radical (unpaired) electrons. The van der Waals surface area contributed by atoms with E-state index in [-0.39, 0.29) is 11.3 Å². The molecule has 0 fully saturated rings. The highest BCUT2D eigenvalue weighted by atomic mass is 79.9. The summed E-state index contributed by atoms with van der Waals surface area (Å²) in [6, 6.07) is 9.53. The minimum Gasteiger partial charge on any atom is -0.456 e. The van der Waals surface area contributed by atoms with Crippen LogP contribution in [-0.2, 0) is 0 Å². The second-order valence-electron chi connectivity index (χ2n) is 4.52. The van der Waals surface area contributed by atoms with Crippen LogP contribution in [0.3, 0.4) is 0 Å². The van der Waals surface area contributed by atoms with Gasteiger partial charge in [0.05, 0.1) is 4.92 Å². The topological polar surface area (TPSA) is 76.2 Å². The van der Waals surface area contributed by atoms with E-state index >= 15 is 0 Å². The van der Waals surface area contributed by atoms with Crippen molar-refractivity contribution in [3.8, 4) is 17.6 Å². The minimum absolute atomic E-state index is 0.127. The average Bonchev–Trinajstić information content (AvgIpc) is 2.44. The largest absolute Gasteiger partial charge is 0.456 e. The smallest absolute Gasteiger partial charge is 0.271 e. The Balaban J connectivity index is 2.40. The lowest BCUT2D eigenvalue weighted by molar-refractivity contribution is -0.384.